The van der Waals surface area contributed by atoms with Crippen LogP contribution < -0.4 is 0 Å². The Morgan fingerprint density at radius 3 is 2.38 bits per heavy atom. The molecular weight excluding hydrogens is 218 g/mol. The first-order valence-electron chi connectivity index (χ1n) is 4.72. The SMILES string of the molecule is Cc1ccc(C2(C(=O)O)CC2(F)F)c(O)c1. The molecule has 1 aromatic rings. The zero-order valence-electron chi connectivity index (χ0n) is 8.50. The molecule has 5 heteroatoms. The van der Waals surface area contributed by atoms with Crippen molar-refractivity contribution in [2.75, 3.05) is 0 Å². The number of phenols is 1. The van der Waals surface area contributed by atoms with Crippen LogP contribution in [0.3, 0.4) is 0 Å². The number of halogens is 2. The van der Waals surface area contributed by atoms with Crippen molar-refractivity contribution in [3.05, 3.63) is 29.3 Å². The molecule has 16 heavy (non-hydrogen) atoms. The fourth-order valence-electron chi connectivity index (χ4n) is 1.93. The molecule has 1 aliphatic carbocycles. The van der Waals surface area contributed by atoms with E-state index in [1.807, 2.05) is 0 Å². The second-order valence-corrected chi connectivity index (χ2v) is 4.11. The number of carbonyl (C=O) groups is 1. The summed E-state index contributed by atoms with van der Waals surface area (Å²) in [5.41, 5.74) is -1.77. The smallest absolute Gasteiger partial charge is 0.320 e. The molecule has 1 unspecified atom stereocenters. The zero-order valence-corrected chi connectivity index (χ0v) is 8.50. The second kappa shape index (κ2) is 2.93. The molecule has 1 aliphatic rings. The number of rotatable bonds is 2. The number of aryl methyl sites for hydroxylation is 1. The van der Waals surface area contributed by atoms with Crippen LogP contribution in [-0.2, 0) is 10.2 Å². The van der Waals surface area contributed by atoms with Crippen molar-refractivity contribution >= 4 is 5.97 Å². The summed E-state index contributed by atoms with van der Waals surface area (Å²) in [6.07, 6.45) is -0.758. The van der Waals surface area contributed by atoms with E-state index in [2.05, 4.69) is 0 Å². The first-order valence-corrected chi connectivity index (χ1v) is 4.72. The van der Waals surface area contributed by atoms with E-state index < -0.39 is 23.7 Å². The van der Waals surface area contributed by atoms with Gasteiger partial charge >= 0.3 is 5.97 Å². The first kappa shape index (κ1) is 10.9. The van der Waals surface area contributed by atoms with Gasteiger partial charge in [-0.25, -0.2) is 8.78 Å². The van der Waals surface area contributed by atoms with Crippen molar-refractivity contribution in [2.45, 2.75) is 24.7 Å². The Hall–Kier alpha value is -1.65. The number of hydrogen-bond donors (Lipinski definition) is 2. The molecule has 0 radical (unpaired) electrons. The topological polar surface area (TPSA) is 57.5 Å². The summed E-state index contributed by atoms with van der Waals surface area (Å²) in [6, 6.07) is 4.04. The van der Waals surface area contributed by atoms with Gasteiger partial charge in [-0.15, -0.1) is 0 Å². The van der Waals surface area contributed by atoms with Crippen molar-refractivity contribution in [3.63, 3.8) is 0 Å². The summed E-state index contributed by atoms with van der Waals surface area (Å²) >= 11 is 0. The van der Waals surface area contributed by atoms with Gasteiger partial charge in [0.2, 0.25) is 0 Å². The van der Waals surface area contributed by atoms with Crippen LogP contribution in [0.5, 0.6) is 5.75 Å². The van der Waals surface area contributed by atoms with Crippen molar-refractivity contribution in [2.24, 2.45) is 0 Å². The molecule has 0 aliphatic heterocycles. The third-order valence-electron chi connectivity index (χ3n) is 2.96. The van der Waals surface area contributed by atoms with Crippen LogP contribution in [-0.4, -0.2) is 22.1 Å². The van der Waals surface area contributed by atoms with Crippen molar-refractivity contribution in [1.82, 2.24) is 0 Å². The third-order valence-corrected chi connectivity index (χ3v) is 2.96. The highest BCUT2D eigenvalue weighted by Crippen LogP contribution is 2.63. The van der Waals surface area contributed by atoms with E-state index in [9.17, 15) is 18.7 Å². The molecule has 2 rings (SSSR count). The van der Waals surface area contributed by atoms with Gasteiger partial charge in [0.15, 0.2) is 5.41 Å². The number of aliphatic carboxylic acids is 1. The summed E-state index contributed by atoms with van der Waals surface area (Å²) in [6.45, 7) is 1.68. The highest BCUT2D eigenvalue weighted by atomic mass is 19.3. The van der Waals surface area contributed by atoms with Gasteiger partial charge in [0.25, 0.3) is 5.92 Å². The van der Waals surface area contributed by atoms with Gasteiger partial charge in [0.1, 0.15) is 5.75 Å². The molecule has 0 aromatic heterocycles. The maximum Gasteiger partial charge on any atom is 0.320 e. The maximum atomic E-state index is 13.2. The van der Waals surface area contributed by atoms with Gasteiger partial charge in [-0.1, -0.05) is 12.1 Å². The van der Waals surface area contributed by atoms with Crippen molar-refractivity contribution < 1.29 is 23.8 Å². The lowest BCUT2D eigenvalue weighted by Crippen LogP contribution is -2.27. The molecule has 1 atom stereocenters. The molecule has 0 saturated heterocycles. The van der Waals surface area contributed by atoms with Crippen LogP contribution in [0.25, 0.3) is 0 Å². The number of hydrogen-bond acceptors (Lipinski definition) is 2. The van der Waals surface area contributed by atoms with E-state index in [1.165, 1.54) is 18.2 Å². The summed E-state index contributed by atoms with van der Waals surface area (Å²) in [4.78, 5) is 10.9. The molecular formula is C11H10F2O3. The molecule has 0 spiro atoms. The number of benzene rings is 1. The minimum Gasteiger partial charge on any atom is -0.508 e. The van der Waals surface area contributed by atoms with Crippen LogP contribution in [0.4, 0.5) is 8.78 Å². The van der Waals surface area contributed by atoms with Crippen LogP contribution in [0.15, 0.2) is 18.2 Å². The van der Waals surface area contributed by atoms with E-state index in [0.717, 1.165) is 0 Å². The quantitative estimate of drug-likeness (QED) is 0.814. The van der Waals surface area contributed by atoms with Gasteiger partial charge in [-0.2, -0.15) is 0 Å². The number of alkyl halides is 2. The maximum absolute atomic E-state index is 13.2. The van der Waals surface area contributed by atoms with Crippen LogP contribution in [0, 0.1) is 6.92 Å². The number of carboxylic acids is 1. The van der Waals surface area contributed by atoms with E-state index in [-0.39, 0.29) is 11.3 Å². The molecule has 1 fully saturated rings. The monoisotopic (exact) mass is 228 g/mol. The Balaban J connectivity index is 2.56. The molecule has 0 amide bonds. The molecule has 3 nitrogen and oxygen atoms in total. The largest absolute Gasteiger partial charge is 0.508 e. The number of aromatic hydroxyl groups is 1. The van der Waals surface area contributed by atoms with Gasteiger partial charge in [0.05, 0.1) is 0 Å². The average Bonchev–Trinajstić information content (AvgIpc) is 2.70. The van der Waals surface area contributed by atoms with E-state index in [0.29, 0.717) is 5.56 Å². The molecule has 1 aromatic carbocycles. The normalized spacial score (nSPS) is 26.4. The Bertz CT molecular complexity index is 470. The number of phenolic OH excluding ortho intramolecular Hbond substituents is 1. The fourth-order valence-corrected chi connectivity index (χ4v) is 1.93. The predicted molar refractivity (Wildman–Crippen MR) is 51.7 cm³/mol. The van der Waals surface area contributed by atoms with Crippen LogP contribution in [0.2, 0.25) is 0 Å². The summed E-state index contributed by atoms with van der Waals surface area (Å²) in [5, 5.41) is 18.4. The lowest BCUT2D eigenvalue weighted by Gasteiger charge is -2.13. The van der Waals surface area contributed by atoms with Gasteiger partial charge in [0, 0.05) is 12.0 Å². The summed E-state index contributed by atoms with van der Waals surface area (Å²) < 4.78 is 26.4. The third kappa shape index (κ3) is 1.20. The van der Waals surface area contributed by atoms with Gasteiger partial charge in [-0.05, 0) is 18.6 Å². The highest BCUT2D eigenvalue weighted by molar-refractivity contribution is 5.88. The molecule has 86 valence electrons. The molecule has 1 saturated carbocycles. The van der Waals surface area contributed by atoms with Crippen LogP contribution in [0.1, 0.15) is 17.5 Å². The predicted octanol–water partition coefficient (Wildman–Crippen LogP) is 2.06. The highest BCUT2D eigenvalue weighted by Gasteiger charge is 2.78. The lowest BCUT2D eigenvalue weighted by atomic mass is 9.93. The summed E-state index contributed by atoms with van der Waals surface area (Å²) in [7, 11) is 0. The average molecular weight is 228 g/mol. The minimum atomic E-state index is -3.29. The first-order chi connectivity index (χ1) is 7.31. The molecule has 0 bridgehead atoms. The zero-order chi connectivity index (χ0) is 12.1. The minimum absolute atomic E-state index is 0.212. The fraction of sp³-hybridized carbons (Fsp3) is 0.364. The van der Waals surface area contributed by atoms with Gasteiger partial charge < -0.3 is 10.2 Å². The molecule has 2 N–H and O–H groups in total. The van der Waals surface area contributed by atoms with Crippen molar-refractivity contribution in [3.8, 4) is 5.75 Å². The number of carboxylic acid groups (broad SMARTS) is 1. The van der Waals surface area contributed by atoms with Crippen LogP contribution >= 0.6 is 0 Å². The van der Waals surface area contributed by atoms with E-state index in [1.54, 1.807) is 6.92 Å². The Morgan fingerprint density at radius 1 is 1.44 bits per heavy atom. The van der Waals surface area contributed by atoms with Gasteiger partial charge in [-0.3, -0.25) is 4.79 Å². The Morgan fingerprint density at radius 2 is 2.00 bits per heavy atom. The summed E-state index contributed by atoms with van der Waals surface area (Å²) in [5.74, 6) is -5.28. The lowest BCUT2D eigenvalue weighted by molar-refractivity contribution is -0.143. The van der Waals surface area contributed by atoms with E-state index >= 15 is 0 Å². The Kier molecular flexibility index (Phi) is 1.99. The van der Waals surface area contributed by atoms with Crippen molar-refractivity contribution in [1.29, 1.82) is 0 Å². The molecule has 0 heterocycles. The standard InChI is InChI=1S/C11H10F2O3/c1-6-2-3-7(8(14)4-6)10(9(15)16)5-11(10,12)13/h2-4,14H,5H2,1H3,(H,15,16). The Labute approximate surface area is 90.3 Å². The van der Waals surface area contributed by atoms with E-state index in [4.69, 9.17) is 5.11 Å². The second-order valence-electron chi connectivity index (χ2n) is 4.11.